The van der Waals surface area contributed by atoms with Crippen molar-refractivity contribution in [2.24, 2.45) is 0 Å². The van der Waals surface area contributed by atoms with Crippen molar-refractivity contribution in [1.82, 2.24) is 0 Å². The maximum absolute atomic E-state index is 13.2. The third-order valence-electron chi connectivity index (χ3n) is 12.4. The Balaban J connectivity index is 0.000000200. The zero-order chi connectivity index (χ0) is 48.6. The summed E-state index contributed by atoms with van der Waals surface area (Å²) in [6.45, 7) is 19.7. The van der Waals surface area contributed by atoms with Crippen LogP contribution in [-0.4, -0.2) is 50.4 Å². The van der Waals surface area contributed by atoms with Crippen molar-refractivity contribution in [3.05, 3.63) is 143 Å². The molecule has 6 aromatic rings. The molecule has 0 bridgehead atoms. The molecule has 8 rings (SSSR count). The second-order valence-electron chi connectivity index (χ2n) is 19.1. The highest BCUT2D eigenvalue weighted by Gasteiger charge is 2.45. The smallest absolute Gasteiger partial charge is 0.416 e. The van der Waals surface area contributed by atoms with E-state index in [4.69, 9.17) is 28.4 Å². The number of hydrogen-bond acceptors (Lipinski definition) is 6. The standard InChI is InChI=1S/C28H30F3O3P.C28H33O3P/c1-17-15-19(28(29,30)31)14-13-18(17)16-24-34-23-12-7-9-20(26(23)35(24)27(2,3)4)25-21(32-5)10-8-11-22(25)33-6;1-18-14-15-20(19(2)16-18)17-25-31-24-13-8-10-21(27(24)32(25)28(3,4)5)26-22(29-6)11-9-12-23(26)30-7/h7-15,24H,16H2,1-6H3;8-16,25H,17H2,1-7H3/t24-,35-;25-,32+/m01/s1. The minimum Gasteiger partial charge on any atom is -0.496 e. The van der Waals surface area contributed by atoms with Crippen LogP contribution in [0.5, 0.6) is 34.5 Å². The molecular formula is C56H63F3O6P2. The molecule has 0 aliphatic carbocycles. The average Bonchev–Trinajstić information content (AvgIpc) is 3.86. The molecule has 0 saturated carbocycles. The van der Waals surface area contributed by atoms with Gasteiger partial charge in [-0.2, -0.15) is 13.2 Å². The molecule has 0 spiro atoms. The molecule has 354 valence electrons. The Kier molecular flexibility index (Phi) is 14.7. The molecule has 6 nitrogen and oxygen atoms in total. The normalized spacial score (nSPS) is 17.6. The van der Waals surface area contributed by atoms with Crippen molar-refractivity contribution in [1.29, 1.82) is 0 Å². The molecule has 67 heavy (non-hydrogen) atoms. The van der Waals surface area contributed by atoms with E-state index >= 15 is 0 Å². The Morgan fingerprint density at radius 1 is 0.493 bits per heavy atom. The van der Waals surface area contributed by atoms with E-state index in [1.807, 2.05) is 48.5 Å². The van der Waals surface area contributed by atoms with Gasteiger partial charge in [-0.05, 0) is 118 Å². The van der Waals surface area contributed by atoms with Crippen LogP contribution in [0.1, 0.15) is 74.9 Å². The van der Waals surface area contributed by atoms with Crippen molar-refractivity contribution in [3.8, 4) is 56.8 Å². The SMILES string of the molecule is COc1cccc(OC)c1-c1cccc2c1[P@@](C(C)(C)C)[C@@H](Cc1ccc(C(F)(F)F)cc1C)O2.COc1cccc(OC)c1-c1cccc2c1[P@@](C(C)(C)C)[C@H](Cc1ccc(C)cc1C)O2. The van der Waals surface area contributed by atoms with Gasteiger partial charge in [-0.15, -0.1) is 0 Å². The first-order valence-corrected chi connectivity index (χ1v) is 25.4. The van der Waals surface area contributed by atoms with Gasteiger partial charge in [-0.25, -0.2) is 0 Å². The predicted octanol–water partition coefficient (Wildman–Crippen LogP) is 14.4. The van der Waals surface area contributed by atoms with E-state index in [9.17, 15) is 13.2 Å². The van der Waals surface area contributed by atoms with Gasteiger partial charge in [0.15, 0.2) is 0 Å². The van der Waals surface area contributed by atoms with Crippen LogP contribution in [-0.2, 0) is 19.0 Å². The third-order valence-corrected chi connectivity index (χ3v) is 18.9. The summed E-state index contributed by atoms with van der Waals surface area (Å²) in [6, 6.07) is 34.8. The van der Waals surface area contributed by atoms with Crippen molar-refractivity contribution in [2.45, 2.75) is 103 Å². The van der Waals surface area contributed by atoms with Crippen LogP contribution in [0.4, 0.5) is 13.2 Å². The summed E-state index contributed by atoms with van der Waals surface area (Å²) in [5.74, 6) is 4.82. The number of aryl methyl sites for hydroxylation is 3. The molecule has 4 atom stereocenters. The van der Waals surface area contributed by atoms with Crippen molar-refractivity contribution in [2.75, 3.05) is 28.4 Å². The fraction of sp³-hybridized carbons (Fsp3) is 0.357. The minimum atomic E-state index is -4.36. The molecule has 0 N–H and O–H groups in total. The Hall–Kier alpha value is -5.23. The number of hydrogen-bond donors (Lipinski definition) is 0. The molecule has 2 aliphatic heterocycles. The molecule has 2 aliphatic rings. The summed E-state index contributed by atoms with van der Waals surface area (Å²) in [7, 11) is 5.22. The van der Waals surface area contributed by atoms with Gasteiger partial charge in [-0.1, -0.05) is 108 Å². The summed E-state index contributed by atoms with van der Waals surface area (Å²) in [5.41, 5.74) is 8.89. The molecule has 2 heterocycles. The first kappa shape index (κ1) is 49.7. The lowest BCUT2D eigenvalue weighted by Crippen LogP contribution is -2.26. The monoisotopic (exact) mass is 950 g/mol. The van der Waals surface area contributed by atoms with Crippen LogP contribution < -0.4 is 39.0 Å². The number of ether oxygens (including phenoxy) is 6. The molecule has 0 aromatic heterocycles. The molecule has 0 fully saturated rings. The highest BCUT2D eigenvalue weighted by atomic mass is 31.1. The van der Waals surface area contributed by atoms with Crippen LogP contribution in [0.15, 0.2) is 109 Å². The van der Waals surface area contributed by atoms with Crippen molar-refractivity contribution < 1.29 is 41.6 Å². The third kappa shape index (κ3) is 10.3. The maximum Gasteiger partial charge on any atom is 0.416 e. The minimum absolute atomic E-state index is 0.0786. The number of halogens is 3. The van der Waals surface area contributed by atoms with E-state index in [1.54, 1.807) is 41.4 Å². The molecule has 0 saturated heterocycles. The lowest BCUT2D eigenvalue weighted by atomic mass is 10.0. The Bertz CT molecular complexity index is 2690. The topological polar surface area (TPSA) is 55.4 Å². The number of benzene rings is 6. The van der Waals surface area contributed by atoms with Crippen LogP contribution in [0.25, 0.3) is 22.3 Å². The zero-order valence-electron chi connectivity index (χ0n) is 40.9. The number of fused-ring (bicyclic) bond motifs is 2. The second-order valence-corrected chi connectivity index (χ2v) is 25.3. The molecule has 0 unspecified atom stereocenters. The summed E-state index contributed by atoms with van der Waals surface area (Å²) < 4.78 is 75.7. The Labute approximate surface area is 397 Å². The number of rotatable bonds is 10. The van der Waals surface area contributed by atoms with Crippen molar-refractivity contribution >= 4 is 26.5 Å². The quantitative estimate of drug-likeness (QED) is 0.128. The first-order chi connectivity index (χ1) is 31.7. The maximum atomic E-state index is 13.2. The van der Waals surface area contributed by atoms with E-state index in [0.29, 0.717) is 23.5 Å². The summed E-state index contributed by atoms with van der Waals surface area (Å²) in [6.07, 6.45) is -2.92. The van der Waals surface area contributed by atoms with Gasteiger partial charge in [0.25, 0.3) is 0 Å². The average molecular weight is 951 g/mol. The Morgan fingerprint density at radius 2 is 0.866 bits per heavy atom. The van der Waals surface area contributed by atoms with Gasteiger partial charge in [0.1, 0.15) is 46.2 Å². The van der Waals surface area contributed by atoms with Gasteiger partial charge >= 0.3 is 6.18 Å². The van der Waals surface area contributed by atoms with Crippen LogP contribution >= 0.6 is 15.8 Å². The summed E-state index contributed by atoms with van der Waals surface area (Å²) in [4.78, 5) is 0. The zero-order valence-corrected chi connectivity index (χ0v) is 42.7. The fourth-order valence-corrected chi connectivity index (χ4v) is 15.9. The van der Waals surface area contributed by atoms with E-state index < -0.39 is 27.6 Å². The lowest BCUT2D eigenvalue weighted by Gasteiger charge is -2.33. The van der Waals surface area contributed by atoms with Crippen LogP contribution in [0, 0.1) is 20.8 Å². The van der Waals surface area contributed by atoms with Gasteiger partial charge in [0.05, 0.1) is 45.1 Å². The second kappa shape index (κ2) is 19.8. The molecular weight excluding hydrogens is 888 g/mol. The summed E-state index contributed by atoms with van der Waals surface area (Å²) >= 11 is 0. The van der Waals surface area contributed by atoms with Crippen LogP contribution in [0.2, 0.25) is 0 Å². The van der Waals surface area contributed by atoms with Gasteiger partial charge < -0.3 is 28.4 Å². The van der Waals surface area contributed by atoms with E-state index in [-0.39, 0.29) is 22.0 Å². The highest BCUT2D eigenvalue weighted by Crippen LogP contribution is 2.63. The Morgan fingerprint density at radius 3 is 1.21 bits per heavy atom. The molecule has 0 amide bonds. The van der Waals surface area contributed by atoms with Gasteiger partial charge in [0.2, 0.25) is 0 Å². The van der Waals surface area contributed by atoms with Crippen molar-refractivity contribution in [3.63, 3.8) is 0 Å². The van der Waals surface area contributed by atoms with Gasteiger partial charge in [-0.3, -0.25) is 0 Å². The lowest BCUT2D eigenvalue weighted by molar-refractivity contribution is -0.137. The molecule has 11 heteroatoms. The molecule has 6 aromatic carbocycles. The van der Waals surface area contributed by atoms with E-state index in [2.05, 4.69) is 97.9 Å². The fourth-order valence-electron chi connectivity index (χ4n) is 9.41. The van der Waals surface area contributed by atoms with Crippen LogP contribution in [0.3, 0.4) is 0 Å². The highest BCUT2D eigenvalue weighted by molar-refractivity contribution is 7.69. The number of alkyl halides is 3. The predicted molar refractivity (Wildman–Crippen MR) is 271 cm³/mol. The summed E-state index contributed by atoms with van der Waals surface area (Å²) in [5, 5.41) is 2.41. The first-order valence-electron chi connectivity index (χ1n) is 22.5. The number of methoxy groups -OCH3 is 4. The van der Waals surface area contributed by atoms with E-state index in [1.165, 1.54) is 28.1 Å². The van der Waals surface area contributed by atoms with E-state index in [0.717, 1.165) is 68.6 Å². The largest absolute Gasteiger partial charge is 0.496 e. The van der Waals surface area contributed by atoms with Gasteiger partial charge in [0, 0.05) is 34.6 Å². The molecule has 0 radical (unpaired) electrons.